The Labute approximate surface area is 478 Å². The number of unbranched alkanes of at least 4 members (excludes halogenated alkanes) is 37. The topological polar surface area (TPSA) is 108 Å². The minimum absolute atomic E-state index is 0.00937. The van der Waals surface area contributed by atoms with Crippen LogP contribution in [0.15, 0.2) is 72.9 Å². The first-order valence-electron chi connectivity index (χ1n) is 32.8. The molecule has 2 N–H and O–H groups in total. The molecular weight excluding hydrogens is 972 g/mol. The summed E-state index contributed by atoms with van der Waals surface area (Å²) in [7, 11) is 1.24. The molecular formula is C68H127N2O6P. The fourth-order valence-corrected chi connectivity index (χ4v) is 10.2. The fraction of sp³-hybridized carbons (Fsp3) is 0.809. The van der Waals surface area contributed by atoms with Crippen molar-refractivity contribution in [2.24, 2.45) is 0 Å². The number of nitrogens with one attached hydrogen (secondary N) is 1. The van der Waals surface area contributed by atoms with E-state index < -0.39 is 26.6 Å². The second-order valence-electron chi connectivity index (χ2n) is 23.4. The second kappa shape index (κ2) is 58.6. The highest BCUT2D eigenvalue weighted by Gasteiger charge is 2.23. The number of hydrogen-bond donors (Lipinski definition) is 2. The van der Waals surface area contributed by atoms with Crippen molar-refractivity contribution in [2.75, 3.05) is 40.9 Å². The molecule has 450 valence electrons. The second-order valence-corrected chi connectivity index (χ2v) is 24.9. The van der Waals surface area contributed by atoms with Crippen molar-refractivity contribution in [1.29, 1.82) is 0 Å². The highest BCUT2D eigenvalue weighted by molar-refractivity contribution is 7.45. The number of phosphoric ester groups is 1. The van der Waals surface area contributed by atoms with Crippen molar-refractivity contribution >= 4 is 13.7 Å². The molecule has 9 heteroatoms. The van der Waals surface area contributed by atoms with Gasteiger partial charge in [-0.1, -0.05) is 286 Å². The molecule has 0 aromatic heterocycles. The first kappa shape index (κ1) is 74.9. The van der Waals surface area contributed by atoms with Gasteiger partial charge in [0, 0.05) is 6.42 Å². The quantitative estimate of drug-likeness (QED) is 0.0272. The van der Waals surface area contributed by atoms with Crippen molar-refractivity contribution in [3.63, 3.8) is 0 Å². The van der Waals surface area contributed by atoms with E-state index in [9.17, 15) is 19.4 Å². The third-order valence-corrected chi connectivity index (χ3v) is 15.6. The van der Waals surface area contributed by atoms with Crippen molar-refractivity contribution < 1.29 is 32.9 Å². The zero-order valence-corrected chi connectivity index (χ0v) is 52.3. The number of rotatable bonds is 60. The fourth-order valence-electron chi connectivity index (χ4n) is 9.49. The number of aliphatic hydroxyl groups is 1. The molecule has 0 fully saturated rings. The third-order valence-electron chi connectivity index (χ3n) is 14.6. The lowest BCUT2D eigenvalue weighted by Crippen LogP contribution is -2.45. The molecule has 8 nitrogen and oxygen atoms in total. The molecule has 0 heterocycles. The van der Waals surface area contributed by atoms with Crippen molar-refractivity contribution in [3.8, 4) is 0 Å². The number of allylic oxidation sites excluding steroid dienone is 11. The summed E-state index contributed by atoms with van der Waals surface area (Å²) in [6.07, 6.45) is 81.8. The lowest BCUT2D eigenvalue weighted by Gasteiger charge is -2.29. The molecule has 0 aliphatic carbocycles. The summed E-state index contributed by atoms with van der Waals surface area (Å²) in [4.78, 5) is 25.5. The van der Waals surface area contributed by atoms with Crippen LogP contribution in [0.2, 0.25) is 0 Å². The Hall–Kier alpha value is -2.06. The van der Waals surface area contributed by atoms with Gasteiger partial charge in [-0.05, 0) is 83.5 Å². The maximum absolute atomic E-state index is 13.0. The van der Waals surface area contributed by atoms with Gasteiger partial charge in [-0.15, -0.1) is 0 Å². The number of nitrogens with zero attached hydrogens (tertiary/aromatic N) is 1. The van der Waals surface area contributed by atoms with E-state index in [1.807, 2.05) is 27.2 Å². The van der Waals surface area contributed by atoms with Gasteiger partial charge in [0.1, 0.15) is 13.2 Å². The zero-order chi connectivity index (χ0) is 56.3. The smallest absolute Gasteiger partial charge is 0.268 e. The molecule has 77 heavy (non-hydrogen) atoms. The Kier molecular flexibility index (Phi) is 57.0. The monoisotopic (exact) mass is 1100 g/mol. The van der Waals surface area contributed by atoms with Gasteiger partial charge < -0.3 is 28.8 Å². The Morgan fingerprint density at radius 2 is 0.766 bits per heavy atom. The molecule has 1 amide bonds. The van der Waals surface area contributed by atoms with Crippen LogP contribution < -0.4 is 10.2 Å². The van der Waals surface area contributed by atoms with E-state index in [2.05, 4.69) is 79.9 Å². The van der Waals surface area contributed by atoms with E-state index in [-0.39, 0.29) is 12.5 Å². The van der Waals surface area contributed by atoms with Crippen LogP contribution in [0.25, 0.3) is 0 Å². The molecule has 0 aromatic rings. The maximum Gasteiger partial charge on any atom is 0.268 e. The Morgan fingerprint density at radius 1 is 0.455 bits per heavy atom. The van der Waals surface area contributed by atoms with Gasteiger partial charge in [-0.25, -0.2) is 0 Å². The third kappa shape index (κ3) is 61.4. The summed E-state index contributed by atoms with van der Waals surface area (Å²) in [6.45, 7) is 4.60. The molecule has 0 bridgehead atoms. The van der Waals surface area contributed by atoms with E-state index >= 15 is 0 Å². The van der Waals surface area contributed by atoms with Gasteiger partial charge in [-0.2, -0.15) is 0 Å². The number of hydrogen-bond acceptors (Lipinski definition) is 6. The lowest BCUT2D eigenvalue weighted by atomic mass is 10.0. The first-order valence-corrected chi connectivity index (χ1v) is 34.3. The van der Waals surface area contributed by atoms with Gasteiger partial charge in [-0.3, -0.25) is 9.36 Å². The highest BCUT2D eigenvalue weighted by atomic mass is 31.2. The molecule has 0 aromatic carbocycles. The normalized spacial score (nSPS) is 14.2. The van der Waals surface area contributed by atoms with Crippen LogP contribution >= 0.6 is 7.82 Å². The highest BCUT2D eigenvalue weighted by Crippen LogP contribution is 2.38. The van der Waals surface area contributed by atoms with Gasteiger partial charge in [0.15, 0.2) is 0 Å². The molecule has 0 spiro atoms. The number of phosphoric acid groups is 1. The molecule has 3 unspecified atom stereocenters. The molecule has 0 radical (unpaired) electrons. The van der Waals surface area contributed by atoms with E-state index in [1.54, 1.807) is 6.08 Å². The Bertz CT molecular complexity index is 1480. The first-order chi connectivity index (χ1) is 37.5. The summed E-state index contributed by atoms with van der Waals surface area (Å²) in [6, 6.07) is -0.910. The van der Waals surface area contributed by atoms with E-state index in [0.717, 1.165) is 64.2 Å². The van der Waals surface area contributed by atoms with Crippen molar-refractivity contribution in [1.82, 2.24) is 5.32 Å². The van der Waals surface area contributed by atoms with E-state index in [0.29, 0.717) is 17.4 Å². The van der Waals surface area contributed by atoms with Crippen LogP contribution in [0.3, 0.4) is 0 Å². The number of likely N-dealkylation sites (N-methyl/N-ethyl adjacent to an activating group) is 1. The molecule has 0 aliphatic heterocycles. The minimum atomic E-state index is -4.61. The maximum atomic E-state index is 13.0. The van der Waals surface area contributed by atoms with Crippen molar-refractivity contribution in [3.05, 3.63) is 72.9 Å². The van der Waals surface area contributed by atoms with E-state index in [1.165, 1.54) is 218 Å². The summed E-state index contributed by atoms with van der Waals surface area (Å²) in [5, 5.41) is 13.8. The number of quaternary nitrogens is 1. The SMILES string of the molecule is CCCCCC/C=C/CC/C=C/CC/C=C/C(O)C(COP(=O)([O-])OCC[N+](C)(C)C)NC(=O)CCCCCCCCCCCCCCCCCCCCCCCCCCCC/C=C\C/C=C\C/C=C\CCCCCCC. The zero-order valence-electron chi connectivity index (χ0n) is 51.4. The average Bonchev–Trinajstić information content (AvgIpc) is 3.39. The van der Waals surface area contributed by atoms with Crippen LogP contribution in [-0.2, 0) is 18.4 Å². The van der Waals surface area contributed by atoms with Crippen LogP contribution in [0.1, 0.15) is 303 Å². The Balaban J connectivity index is 3.89. The van der Waals surface area contributed by atoms with Gasteiger partial charge in [0.05, 0.1) is 39.9 Å². The molecule has 0 aliphatic rings. The predicted octanol–water partition coefficient (Wildman–Crippen LogP) is 20.0. The molecule has 0 saturated carbocycles. The molecule has 0 rings (SSSR count). The van der Waals surface area contributed by atoms with Crippen LogP contribution in [0.5, 0.6) is 0 Å². The largest absolute Gasteiger partial charge is 0.756 e. The van der Waals surface area contributed by atoms with Gasteiger partial charge in [0.2, 0.25) is 5.91 Å². The number of aliphatic hydroxyl groups excluding tert-OH is 1. The standard InChI is InChI=1S/C68H127N2O6P/c1-6-8-10-12-14-16-18-20-22-23-24-25-26-27-28-29-30-31-32-33-34-35-36-37-38-39-40-41-42-43-44-45-46-47-48-50-52-54-56-58-60-62-68(72)69-66(65-76-77(73,74)75-64-63-70(3,4)5)67(71)61-59-57-55-53-51-49-21-19-17-15-13-11-9-7-2/h17-20,23-24,26-27,51,53,59,61,66-67,71H,6-16,21-22,25,28-50,52,54-58,60,62-65H2,1-5H3,(H-,69,72,73,74)/b19-17+,20-18-,24-23-,27-26-,53-51+,61-59+. The summed E-state index contributed by atoms with van der Waals surface area (Å²) < 4.78 is 23.3. The Morgan fingerprint density at radius 3 is 1.16 bits per heavy atom. The van der Waals surface area contributed by atoms with Gasteiger partial charge in [0.25, 0.3) is 7.82 Å². The molecule has 0 saturated heterocycles. The average molecular weight is 1100 g/mol. The predicted molar refractivity (Wildman–Crippen MR) is 334 cm³/mol. The van der Waals surface area contributed by atoms with Crippen molar-refractivity contribution in [2.45, 2.75) is 315 Å². The molecule has 3 atom stereocenters. The number of carbonyl (C=O) groups excluding carboxylic acids is 1. The lowest BCUT2D eigenvalue weighted by molar-refractivity contribution is -0.870. The number of carbonyl (C=O) groups is 1. The van der Waals surface area contributed by atoms with Crippen LogP contribution in [0.4, 0.5) is 0 Å². The van der Waals surface area contributed by atoms with Crippen LogP contribution in [0, 0.1) is 0 Å². The summed E-state index contributed by atoms with van der Waals surface area (Å²) in [5.74, 6) is -0.209. The van der Waals surface area contributed by atoms with E-state index in [4.69, 9.17) is 9.05 Å². The summed E-state index contributed by atoms with van der Waals surface area (Å²) >= 11 is 0. The minimum Gasteiger partial charge on any atom is -0.756 e. The van der Waals surface area contributed by atoms with Crippen LogP contribution in [-0.4, -0.2) is 68.5 Å². The summed E-state index contributed by atoms with van der Waals surface area (Å²) in [5.41, 5.74) is 0. The van der Waals surface area contributed by atoms with Gasteiger partial charge >= 0.3 is 0 Å². The number of amides is 1.